The van der Waals surface area contributed by atoms with Gasteiger partial charge in [-0.05, 0) is 63.7 Å². The molecule has 19 heavy (non-hydrogen) atoms. The summed E-state index contributed by atoms with van der Waals surface area (Å²) in [5, 5.41) is 3.25. The molecule has 0 saturated heterocycles. The van der Waals surface area contributed by atoms with Crippen molar-refractivity contribution in [1.82, 2.24) is 9.97 Å². The minimum atomic E-state index is 0.111. The molecule has 0 saturated carbocycles. The molecule has 0 bridgehead atoms. The first-order valence-electron chi connectivity index (χ1n) is 6.22. The van der Waals surface area contributed by atoms with E-state index in [4.69, 9.17) is 0 Å². The van der Waals surface area contributed by atoms with Crippen LogP contribution in [0.4, 0.5) is 11.6 Å². The molecule has 0 aliphatic heterocycles. The maximum Gasteiger partial charge on any atom is 0.133 e. The molecule has 0 amide bonds. The maximum atomic E-state index is 4.39. The first-order chi connectivity index (χ1) is 8.84. The summed E-state index contributed by atoms with van der Waals surface area (Å²) < 4.78 is 0.821. The van der Waals surface area contributed by atoms with Crippen LogP contribution < -0.4 is 5.32 Å². The van der Waals surface area contributed by atoms with Gasteiger partial charge in [-0.25, -0.2) is 9.97 Å². The Labute approximate surface area is 122 Å². The maximum absolute atomic E-state index is 4.39. The molecule has 0 unspecified atom stereocenters. The first kappa shape index (κ1) is 14.0. The summed E-state index contributed by atoms with van der Waals surface area (Å²) in [7, 11) is 0. The van der Waals surface area contributed by atoms with Crippen LogP contribution in [0.5, 0.6) is 0 Å². The van der Waals surface area contributed by atoms with Gasteiger partial charge in [-0.15, -0.1) is 0 Å². The van der Waals surface area contributed by atoms with Crippen molar-refractivity contribution < 1.29 is 0 Å². The van der Waals surface area contributed by atoms with Crippen molar-refractivity contribution in [3.05, 3.63) is 46.2 Å². The van der Waals surface area contributed by atoms with Gasteiger partial charge in [0.05, 0.1) is 0 Å². The van der Waals surface area contributed by atoms with Crippen molar-refractivity contribution >= 4 is 27.6 Å². The van der Waals surface area contributed by atoms with Crippen LogP contribution in [0.25, 0.3) is 0 Å². The Morgan fingerprint density at radius 2 is 1.84 bits per heavy atom. The van der Waals surface area contributed by atoms with Crippen molar-refractivity contribution in [1.29, 1.82) is 0 Å². The van der Waals surface area contributed by atoms with Gasteiger partial charge in [0.2, 0.25) is 0 Å². The van der Waals surface area contributed by atoms with Gasteiger partial charge in [0.15, 0.2) is 0 Å². The fourth-order valence-electron chi connectivity index (χ4n) is 1.79. The highest BCUT2D eigenvalue weighted by molar-refractivity contribution is 9.10. The second kappa shape index (κ2) is 5.29. The van der Waals surface area contributed by atoms with E-state index in [9.17, 15) is 0 Å². The number of aromatic nitrogens is 2. The smallest absolute Gasteiger partial charge is 0.133 e. The highest BCUT2D eigenvalue weighted by atomic mass is 79.9. The Kier molecular flexibility index (Phi) is 3.90. The van der Waals surface area contributed by atoms with Gasteiger partial charge in [0.25, 0.3) is 0 Å². The molecule has 4 heteroatoms. The third-order valence-corrected chi connectivity index (χ3v) is 3.23. The second-order valence-corrected chi connectivity index (χ2v) is 6.47. The van der Waals surface area contributed by atoms with Crippen LogP contribution in [0.1, 0.15) is 31.9 Å². The van der Waals surface area contributed by atoms with E-state index in [1.54, 1.807) is 0 Å². The molecule has 2 aromatic heterocycles. The summed E-state index contributed by atoms with van der Waals surface area (Å²) in [6.45, 7) is 8.60. The highest BCUT2D eigenvalue weighted by Gasteiger charge is 2.14. The summed E-state index contributed by atoms with van der Waals surface area (Å²) in [5.74, 6) is 1.61. The van der Waals surface area contributed by atoms with Gasteiger partial charge in [0, 0.05) is 6.20 Å². The number of hydrogen-bond acceptors (Lipinski definition) is 3. The topological polar surface area (TPSA) is 37.8 Å². The molecule has 100 valence electrons. The average molecular weight is 320 g/mol. The van der Waals surface area contributed by atoms with Gasteiger partial charge >= 0.3 is 0 Å². The van der Waals surface area contributed by atoms with Gasteiger partial charge in [-0.3, -0.25) is 0 Å². The van der Waals surface area contributed by atoms with Gasteiger partial charge in [-0.2, -0.15) is 0 Å². The van der Waals surface area contributed by atoms with Crippen LogP contribution in [0.3, 0.4) is 0 Å². The lowest BCUT2D eigenvalue weighted by atomic mass is 9.88. The van der Waals surface area contributed by atoms with Crippen molar-refractivity contribution in [2.45, 2.75) is 33.1 Å². The number of halogens is 1. The third-order valence-electron chi connectivity index (χ3n) is 2.82. The Morgan fingerprint density at radius 3 is 2.47 bits per heavy atom. The largest absolute Gasteiger partial charge is 0.325 e. The number of aryl methyl sites for hydroxylation is 1. The van der Waals surface area contributed by atoms with E-state index < -0.39 is 0 Å². The van der Waals surface area contributed by atoms with E-state index in [-0.39, 0.29) is 5.41 Å². The molecule has 2 aromatic rings. The quantitative estimate of drug-likeness (QED) is 0.823. The molecule has 0 aromatic carbocycles. The number of rotatable bonds is 2. The summed E-state index contributed by atoms with van der Waals surface area (Å²) in [4.78, 5) is 8.73. The Morgan fingerprint density at radius 1 is 1.11 bits per heavy atom. The van der Waals surface area contributed by atoms with E-state index in [1.165, 1.54) is 5.56 Å². The lowest BCUT2D eigenvalue weighted by molar-refractivity contribution is 0.589. The van der Waals surface area contributed by atoms with Crippen molar-refractivity contribution in [3.8, 4) is 0 Å². The molecule has 0 aliphatic rings. The molecule has 0 aliphatic carbocycles. The van der Waals surface area contributed by atoms with Crippen LogP contribution in [0, 0.1) is 6.92 Å². The standard InChI is InChI=1S/C15H18BrN3/c1-10-7-12(16)18-14(8-10)19-13-9-11(5-6-17-13)15(2,3)4/h5-9H,1-4H3,(H,17,18,19). The molecule has 0 atom stereocenters. The summed E-state index contributed by atoms with van der Waals surface area (Å²) in [5.41, 5.74) is 2.51. The zero-order valence-electron chi connectivity index (χ0n) is 11.7. The number of anilines is 2. The number of nitrogens with zero attached hydrogens (tertiary/aromatic N) is 2. The fraction of sp³-hybridized carbons (Fsp3) is 0.333. The molecule has 2 rings (SSSR count). The van der Waals surface area contributed by atoms with E-state index in [1.807, 2.05) is 31.3 Å². The van der Waals surface area contributed by atoms with Crippen molar-refractivity contribution in [3.63, 3.8) is 0 Å². The molecular formula is C15H18BrN3. The molecule has 0 fully saturated rings. The second-order valence-electron chi connectivity index (χ2n) is 5.66. The Balaban J connectivity index is 2.28. The number of hydrogen-bond donors (Lipinski definition) is 1. The van der Waals surface area contributed by atoms with Gasteiger partial charge in [-0.1, -0.05) is 20.8 Å². The number of pyridine rings is 2. The molecule has 0 spiro atoms. The SMILES string of the molecule is Cc1cc(Br)nc(Nc2cc(C(C)(C)C)ccn2)c1. The predicted molar refractivity (Wildman–Crippen MR) is 82.9 cm³/mol. The van der Waals surface area contributed by atoms with E-state index in [2.05, 4.69) is 58.1 Å². The lowest BCUT2D eigenvalue weighted by Crippen LogP contribution is -2.11. The lowest BCUT2D eigenvalue weighted by Gasteiger charge is -2.19. The van der Waals surface area contributed by atoms with Crippen LogP contribution in [0.15, 0.2) is 35.1 Å². The van der Waals surface area contributed by atoms with E-state index in [0.717, 1.165) is 21.8 Å². The third kappa shape index (κ3) is 3.77. The average Bonchev–Trinajstić information content (AvgIpc) is 2.26. The van der Waals surface area contributed by atoms with Crippen molar-refractivity contribution in [2.24, 2.45) is 0 Å². The summed E-state index contributed by atoms with van der Waals surface area (Å²) >= 11 is 3.40. The fourth-order valence-corrected chi connectivity index (χ4v) is 2.34. The summed E-state index contributed by atoms with van der Waals surface area (Å²) in [6.07, 6.45) is 1.83. The molecule has 1 N–H and O–H groups in total. The Bertz CT molecular complexity index is 568. The molecule has 3 nitrogen and oxygen atoms in total. The minimum absolute atomic E-state index is 0.111. The van der Waals surface area contributed by atoms with Crippen LogP contribution in [-0.2, 0) is 5.41 Å². The normalized spacial score (nSPS) is 11.4. The van der Waals surface area contributed by atoms with Crippen LogP contribution in [0.2, 0.25) is 0 Å². The van der Waals surface area contributed by atoms with E-state index >= 15 is 0 Å². The van der Waals surface area contributed by atoms with Crippen LogP contribution >= 0.6 is 15.9 Å². The zero-order chi connectivity index (χ0) is 14.0. The zero-order valence-corrected chi connectivity index (χ0v) is 13.2. The van der Waals surface area contributed by atoms with Gasteiger partial charge in [0.1, 0.15) is 16.2 Å². The molecular weight excluding hydrogens is 302 g/mol. The van der Waals surface area contributed by atoms with Crippen LogP contribution in [-0.4, -0.2) is 9.97 Å². The molecule has 2 heterocycles. The predicted octanol–water partition coefficient (Wildman–Crippen LogP) is 4.59. The summed E-state index contributed by atoms with van der Waals surface area (Å²) in [6, 6.07) is 8.09. The van der Waals surface area contributed by atoms with Gasteiger partial charge < -0.3 is 5.32 Å². The minimum Gasteiger partial charge on any atom is -0.325 e. The van der Waals surface area contributed by atoms with E-state index in [0.29, 0.717) is 0 Å². The Hall–Kier alpha value is -1.42. The first-order valence-corrected chi connectivity index (χ1v) is 7.02. The highest BCUT2D eigenvalue weighted by Crippen LogP contribution is 2.25. The molecule has 0 radical (unpaired) electrons. The monoisotopic (exact) mass is 319 g/mol. The number of nitrogens with one attached hydrogen (secondary N) is 1. The van der Waals surface area contributed by atoms with Crippen molar-refractivity contribution in [2.75, 3.05) is 5.32 Å².